The topological polar surface area (TPSA) is 73.1 Å². The van der Waals surface area contributed by atoms with Crippen molar-refractivity contribution in [3.63, 3.8) is 0 Å². The molecule has 4 nitrogen and oxygen atoms in total. The molecule has 0 aliphatic rings. The third-order valence-corrected chi connectivity index (χ3v) is 3.77. The highest BCUT2D eigenvalue weighted by Crippen LogP contribution is 2.00. The lowest BCUT2D eigenvalue weighted by Crippen LogP contribution is -2.28. The van der Waals surface area contributed by atoms with Gasteiger partial charge in [0.05, 0.1) is 11.5 Å². The predicted octanol–water partition coefficient (Wildman–Crippen LogP) is 0.386. The molecule has 1 heterocycles. The molecule has 1 aromatic heterocycles. The van der Waals surface area contributed by atoms with Crippen LogP contribution in [0.15, 0.2) is 24.4 Å². The molecule has 0 spiro atoms. The van der Waals surface area contributed by atoms with E-state index in [1.54, 1.807) is 19.2 Å². The van der Waals surface area contributed by atoms with Crippen LogP contribution in [0.1, 0.15) is 12.6 Å². The Bertz CT molecular complexity index is 387. The van der Waals surface area contributed by atoms with E-state index in [4.69, 9.17) is 5.73 Å². The van der Waals surface area contributed by atoms with Crippen molar-refractivity contribution >= 4 is 9.84 Å². The highest BCUT2D eigenvalue weighted by molar-refractivity contribution is 7.91. The molecule has 0 aromatic carbocycles. The van der Waals surface area contributed by atoms with E-state index in [0.29, 0.717) is 6.42 Å². The van der Waals surface area contributed by atoms with Gasteiger partial charge >= 0.3 is 0 Å². The van der Waals surface area contributed by atoms with Gasteiger partial charge in [0.2, 0.25) is 0 Å². The maximum absolute atomic E-state index is 11.5. The smallest absolute Gasteiger partial charge is 0.152 e. The van der Waals surface area contributed by atoms with Crippen molar-refractivity contribution in [1.29, 1.82) is 0 Å². The van der Waals surface area contributed by atoms with Crippen molar-refractivity contribution in [3.05, 3.63) is 30.1 Å². The van der Waals surface area contributed by atoms with Gasteiger partial charge < -0.3 is 5.73 Å². The van der Waals surface area contributed by atoms with Crippen LogP contribution in [0.5, 0.6) is 0 Å². The normalized spacial score (nSPS) is 13.7. The quantitative estimate of drug-likeness (QED) is 0.791. The van der Waals surface area contributed by atoms with Crippen LogP contribution in [0, 0.1) is 0 Å². The summed E-state index contributed by atoms with van der Waals surface area (Å²) in [5.74, 6) is 0.158. The summed E-state index contributed by atoms with van der Waals surface area (Å²) in [6.45, 7) is 1.69. The van der Waals surface area contributed by atoms with E-state index in [1.807, 2.05) is 12.1 Å². The highest BCUT2D eigenvalue weighted by Gasteiger charge is 2.13. The number of sulfone groups is 1. The first kappa shape index (κ1) is 12.1. The summed E-state index contributed by atoms with van der Waals surface area (Å²) in [5.41, 5.74) is 6.25. The molecule has 1 rings (SSSR count). The molecule has 0 fully saturated rings. The predicted molar refractivity (Wildman–Crippen MR) is 60.2 cm³/mol. The number of hydrogen-bond donors (Lipinski definition) is 1. The zero-order valence-corrected chi connectivity index (χ0v) is 9.57. The Hall–Kier alpha value is -0.940. The van der Waals surface area contributed by atoms with E-state index in [9.17, 15) is 8.42 Å². The Labute approximate surface area is 90.4 Å². The summed E-state index contributed by atoms with van der Waals surface area (Å²) in [5, 5.41) is 0. The molecule has 0 saturated carbocycles. The van der Waals surface area contributed by atoms with Gasteiger partial charge in [0.1, 0.15) is 0 Å². The van der Waals surface area contributed by atoms with Crippen molar-refractivity contribution in [2.24, 2.45) is 5.73 Å². The van der Waals surface area contributed by atoms with Crippen LogP contribution >= 0.6 is 0 Å². The third-order valence-electron chi connectivity index (χ3n) is 1.91. The standard InChI is InChI=1S/C10H16N2O2S/c1-9(11)8-15(13,14)7-5-10-4-2-3-6-12-10/h2-4,6,9H,5,7-8,11H2,1H3. The van der Waals surface area contributed by atoms with Gasteiger partial charge in [0.25, 0.3) is 0 Å². The average molecular weight is 228 g/mol. The van der Waals surface area contributed by atoms with Gasteiger partial charge in [-0.2, -0.15) is 0 Å². The number of rotatable bonds is 5. The number of aromatic nitrogens is 1. The van der Waals surface area contributed by atoms with Crippen molar-refractivity contribution in [2.75, 3.05) is 11.5 Å². The lowest BCUT2D eigenvalue weighted by Gasteiger charge is -2.06. The summed E-state index contributed by atoms with van der Waals surface area (Å²) < 4.78 is 23.0. The van der Waals surface area contributed by atoms with Gasteiger partial charge in [-0.15, -0.1) is 0 Å². The van der Waals surface area contributed by atoms with E-state index in [-0.39, 0.29) is 17.5 Å². The van der Waals surface area contributed by atoms with Gasteiger partial charge in [0.15, 0.2) is 9.84 Å². The van der Waals surface area contributed by atoms with Crippen LogP contribution in [0.2, 0.25) is 0 Å². The largest absolute Gasteiger partial charge is 0.327 e. The molecule has 0 aliphatic heterocycles. The molecule has 5 heteroatoms. The van der Waals surface area contributed by atoms with Crippen LogP contribution in [-0.4, -0.2) is 30.9 Å². The molecule has 1 atom stereocenters. The van der Waals surface area contributed by atoms with Gasteiger partial charge in [-0.05, 0) is 19.1 Å². The summed E-state index contributed by atoms with van der Waals surface area (Å²) in [7, 11) is -3.04. The van der Waals surface area contributed by atoms with Crippen LogP contribution in [0.25, 0.3) is 0 Å². The first-order chi connectivity index (χ1) is 6.99. The molecule has 0 amide bonds. The SMILES string of the molecule is CC(N)CS(=O)(=O)CCc1ccccn1. The number of nitrogens with zero attached hydrogens (tertiary/aromatic N) is 1. The average Bonchev–Trinajstić information content (AvgIpc) is 2.15. The Morgan fingerprint density at radius 2 is 2.20 bits per heavy atom. The fraction of sp³-hybridized carbons (Fsp3) is 0.500. The molecular weight excluding hydrogens is 212 g/mol. The van der Waals surface area contributed by atoms with Crippen molar-refractivity contribution in [3.8, 4) is 0 Å². The van der Waals surface area contributed by atoms with Crippen LogP contribution in [0.4, 0.5) is 0 Å². The first-order valence-electron chi connectivity index (χ1n) is 4.85. The molecule has 1 aromatic rings. The second-order valence-electron chi connectivity index (χ2n) is 3.66. The third kappa shape index (κ3) is 4.90. The van der Waals surface area contributed by atoms with E-state index >= 15 is 0 Å². The van der Waals surface area contributed by atoms with Crippen LogP contribution in [0.3, 0.4) is 0 Å². The van der Waals surface area contributed by atoms with Crippen molar-refractivity contribution in [1.82, 2.24) is 4.98 Å². The summed E-state index contributed by atoms with van der Waals surface area (Å²) in [6, 6.07) is 5.17. The zero-order chi connectivity index (χ0) is 11.3. The molecule has 0 saturated heterocycles. The first-order valence-corrected chi connectivity index (χ1v) is 6.68. The lowest BCUT2D eigenvalue weighted by molar-refractivity contribution is 0.589. The minimum Gasteiger partial charge on any atom is -0.327 e. The molecule has 2 N–H and O–H groups in total. The number of aryl methyl sites for hydroxylation is 1. The minimum absolute atomic E-state index is 0.0415. The fourth-order valence-corrected chi connectivity index (χ4v) is 2.78. The van der Waals surface area contributed by atoms with Gasteiger partial charge in [-0.1, -0.05) is 6.07 Å². The molecule has 1 unspecified atom stereocenters. The number of nitrogens with two attached hydrogens (primary N) is 1. The molecular formula is C10H16N2O2S. The monoisotopic (exact) mass is 228 g/mol. The van der Waals surface area contributed by atoms with Crippen LogP contribution < -0.4 is 5.73 Å². The zero-order valence-electron chi connectivity index (χ0n) is 8.76. The van der Waals surface area contributed by atoms with Crippen LogP contribution in [-0.2, 0) is 16.3 Å². The van der Waals surface area contributed by atoms with Crippen molar-refractivity contribution in [2.45, 2.75) is 19.4 Å². The van der Waals surface area contributed by atoms with E-state index in [2.05, 4.69) is 4.98 Å². The van der Waals surface area contributed by atoms with E-state index < -0.39 is 9.84 Å². The minimum atomic E-state index is -3.04. The summed E-state index contributed by atoms with van der Waals surface area (Å²) in [4.78, 5) is 4.07. The number of hydrogen-bond acceptors (Lipinski definition) is 4. The van der Waals surface area contributed by atoms with Crippen molar-refractivity contribution < 1.29 is 8.42 Å². The Kier molecular flexibility index (Phi) is 4.23. The maximum atomic E-state index is 11.5. The molecule has 84 valence electrons. The summed E-state index contributed by atoms with van der Waals surface area (Å²) in [6.07, 6.45) is 2.11. The number of pyridine rings is 1. The summed E-state index contributed by atoms with van der Waals surface area (Å²) >= 11 is 0. The Morgan fingerprint density at radius 1 is 1.47 bits per heavy atom. The molecule has 15 heavy (non-hydrogen) atoms. The second-order valence-corrected chi connectivity index (χ2v) is 5.89. The Balaban J connectivity index is 2.50. The fourth-order valence-electron chi connectivity index (χ4n) is 1.29. The van der Waals surface area contributed by atoms with Gasteiger partial charge in [-0.25, -0.2) is 8.42 Å². The highest BCUT2D eigenvalue weighted by atomic mass is 32.2. The second kappa shape index (κ2) is 5.23. The van der Waals surface area contributed by atoms with E-state index in [0.717, 1.165) is 5.69 Å². The maximum Gasteiger partial charge on any atom is 0.152 e. The molecule has 0 radical (unpaired) electrons. The molecule has 0 aliphatic carbocycles. The van der Waals surface area contributed by atoms with E-state index in [1.165, 1.54) is 0 Å². The van der Waals surface area contributed by atoms with Gasteiger partial charge in [0, 0.05) is 24.4 Å². The Morgan fingerprint density at radius 3 is 2.73 bits per heavy atom. The lowest BCUT2D eigenvalue weighted by atomic mass is 10.3. The molecule has 0 bridgehead atoms. The van der Waals surface area contributed by atoms with Gasteiger partial charge in [-0.3, -0.25) is 4.98 Å².